The van der Waals surface area contributed by atoms with Gasteiger partial charge < -0.3 is 10.2 Å². The first-order valence-corrected chi connectivity index (χ1v) is 7.56. The molecule has 0 fully saturated rings. The molecule has 1 rings (SSSR count). The largest absolute Gasteiger partial charge is 0.356 e. The van der Waals surface area contributed by atoms with Crippen LogP contribution >= 0.6 is 11.6 Å². The highest BCUT2D eigenvalue weighted by Crippen LogP contribution is 2.09. The van der Waals surface area contributed by atoms with E-state index in [0.717, 1.165) is 12.0 Å². The fourth-order valence-electron chi connectivity index (χ4n) is 2.11. The summed E-state index contributed by atoms with van der Waals surface area (Å²) in [5.74, 6) is 0.0498. The molecule has 0 atom stereocenters. The molecule has 0 bridgehead atoms. The van der Waals surface area contributed by atoms with E-state index in [4.69, 9.17) is 11.6 Å². The number of nitrogens with zero attached hydrogens (tertiary/aromatic N) is 1. The van der Waals surface area contributed by atoms with E-state index in [1.165, 1.54) is 0 Å². The van der Waals surface area contributed by atoms with E-state index in [2.05, 4.69) is 5.32 Å². The van der Waals surface area contributed by atoms with Crippen LogP contribution < -0.4 is 5.32 Å². The molecule has 0 aliphatic carbocycles. The smallest absolute Gasteiger partial charge is 0.224 e. The molecular weight excluding hydrogens is 288 g/mol. The Labute approximate surface area is 131 Å². The van der Waals surface area contributed by atoms with E-state index < -0.39 is 0 Å². The van der Waals surface area contributed by atoms with E-state index in [0.29, 0.717) is 24.5 Å². The van der Waals surface area contributed by atoms with Crippen LogP contribution in [0.3, 0.4) is 0 Å². The summed E-state index contributed by atoms with van der Waals surface area (Å²) in [7, 11) is 0. The maximum atomic E-state index is 11.8. The highest BCUT2D eigenvalue weighted by Gasteiger charge is 2.11. The Kier molecular flexibility index (Phi) is 7.23. The van der Waals surface area contributed by atoms with Crippen molar-refractivity contribution in [2.45, 2.75) is 39.7 Å². The first kappa shape index (κ1) is 17.5. The average Bonchev–Trinajstić information content (AvgIpc) is 2.40. The molecular formula is C16H23ClN2O2. The third-order valence-electron chi connectivity index (χ3n) is 3.20. The van der Waals surface area contributed by atoms with Crippen molar-refractivity contribution < 1.29 is 9.59 Å². The molecule has 1 N–H and O–H groups in total. The number of benzene rings is 1. The molecule has 0 spiro atoms. The fourth-order valence-corrected chi connectivity index (χ4v) is 2.23. The molecule has 0 radical (unpaired) electrons. The Balaban J connectivity index is 2.27. The zero-order valence-electron chi connectivity index (χ0n) is 12.9. The van der Waals surface area contributed by atoms with Gasteiger partial charge in [0.15, 0.2) is 0 Å². The lowest BCUT2D eigenvalue weighted by Gasteiger charge is -2.25. The number of nitrogens with one attached hydrogen (secondary N) is 1. The molecule has 0 aromatic heterocycles. The van der Waals surface area contributed by atoms with Crippen molar-refractivity contribution >= 4 is 23.4 Å². The van der Waals surface area contributed by atoms with Gasteiger partial charge in [0.1, 0.15) is 0 Å². The van der Waals surface area contributed by atoms with Gasteiger partial charge >= 0.3 is 0 Å². The van der Waals surface area contributed by atoms with Gasteiger partial charge in [0.05, 0.1) is 6.42 Å². The van der Waals surface area contributed by atoms with Crippen molar-refractivity contribution in [3.8, 4) is 0 Å². The van der Waals surface area contributed by atoms with Crippen molar-refractivity contribution in [3.05, 3.63) is 34.9 Å². The van der Waals surface area contributed by atoms with Crippen LogP contribution in [0.5, 0.6) is 0 Å². The molecule has 1 aromatic rings. The number of halogens is 1. The number of hydrogen-bond acceptors (Lipinski definition) is 2. The number of carbonyl (C=O) groups excluding carboxylic acids is 2. The lowest BCUT2D eigenvalue weighted by atomic mass is 10.1. The second-order valence-corrected chi connectivity index (χ2v) is 5.75. The van der Waals surface area contributed by atoms with E-state index in [1.807, 2.05) is 26.0 Å². The Morgan fingerprint density at radius 3 is 2.38 bits per heavy atom. The second-order valence-electron chi connectivity index (χ2n) is 5.31. The van der Waals surface area contributed by atoms with Gasteiger partial charge in [-0.15, -0.1) is 0 Å². The van der Waals surface area contributed by atoms with Crippen molar-refractivity contribution in [2.24, 2.45) is 0 Å². The van der Waals surface area contributed by atoms with Crippen molar-refractivity contribution in [1.29, 1.82) is 0 Å². The summed E-state index contributed by atoms with van der Waals surface area (Å²) in [6.07, 6.45) is 1.10. The molecule has 5 heteroatoms. The van der Waals surface area contributed by atoms with Gasteiger partial charge in [-0.05, 0) is 38.0 Å². The maximum absolute atomic E-state index is 11.8. The third-order valence-corrected chi connectivity index (χ3v) is 3.46. The molecule has 0 aliphatic heterocycles. The minimum atomic E-state index is -0.0174. The van der Waals surface area contributed by atoms with Gasteiger partial charge in [0.2, 0.25) is 11.8 Å². The van der Waals surface area contributed by atoms with Crippen molar-refractivity contribution in [1.82, 2.24) is 10.2 Å². The SMILES string of the molecule is CC(=O)N(CCCNC(=O)Cc1ccc(Cl)cc1)C(C)C. The van der Waals surface area contributed by atoms with Gasteiger partial charge in [0, 0.05) is 31.1 Å². The van der Waals surface area contributed by atoms with Gasteiger partial charge in [-0.1, -0.05) is 23.7 Å². The summed E-state index contributed by atoms with van der Waals surface area (Å²) in [5.41, 5.74) is 0.935. The molecule has 0 heterocycles. The van der Waals surface area contributed by atoms with Gasteiger partial charge in [-0.2, -0.15) is 0 Å². The first-order chi connectivity index (χ1) is 9.90. The molecule has 0 aliphatic rings. The number of carbonyl (C=O) groups is 2. The monoisotopic (exact) mass is 310 g/mol. The van der Waals surface area contributed by atoms with E-state index in [-0.39, 0.29) is 17.9 Å². The highest BCUT2D eigenvalue weighted by molar-refractivity contribution is 6.30. The lowest BCUT2D eigenvalue weighted by molar-refractivity contribution is -0.130. The molecule has 0 unspecified atom stereocenters. The first-order valence-electron chi connectivity index (χ1n) is 7.18. The van der Waals surface area contributed by atoms with Gasteiger partial charge in [-0.25, -0.2) is 0 Å². The summed E-state index contributed by atoms with van der Waals surface area (Å²) < 4.78 is 0. The Bertz CT molecular complexity index is 472. The van der Waals surface area contributed by atoms with Crippen LogP contribution in [-0.4, -0.2) is 35.8 Å². The standard InChI is InChI=1S/C16H23ClN2O2/c1-12(2)19(13(3)20)10-4-9-18-16(21)11-14-5-7-15(17)8-6-14/h5-8,12H,4,9-11H2,1-3H3,(H,18,21). The Hall–Kier alpha value is -1.55. The summed E-state index contributed by atoms with van der Waals surface area (Å²) >= 11 is 5.80. The average molecular weight is 311 g/mol. The van der Waals surface area contributed by atoms with Crippen LogP contribution in [-0.2, 0) is 16.0 Å². The zero-order chi connectivity index (χ0) is 15.8. The minimum absolute atomic E-state index is 0.0174. The quantitative estimate of drug-likeness (QED) is 0.787. The number of rotatable bonds is 7. The molecule has 21 heavy (non-hydrogen) atoms. The van der Waals surface area contributed by atoms with Crippen molar-refractivity contribution in [3.63, 3.8) is 0 Å². The summed E-state index contributed by atoms with van der Waals surface area (Å²) in [4.78, 5) is 25.0. The van der Waals surface area contributed by atoms with Crippen LogP contribution in [0.15, 0.2) is 24.3 Å². The van der Waals surface area contributed by atoms with Gasteiger partial charge in [0.25, 0.3) is 0 Å². The van der Waals surface area contributed by atoms with Crippen LogP contribution in [0.2, 0.25) is 5.02 Å². The van der Waals surface area contributed by atoms with Crippen LogP contribution in [0.25, 0.3) is 0 Å². The van der Waals surface area contributed by atoms with Crippen LogP contribution in [0.1, 0.15) is 32.8 Å². The van der Waals surface area contributed by atoms with Gasteiger partial charge in [-0.3, -0.25) is 9.59 Å². The van der Waals surface area contributed by atoms with E-state index in [1.54, 1.807) is 24.0 Å². The van der Waals surface area contributed by atoms with Crippen LogP contribution in [0, 0.1) is 0 Å². The molecule has 116 valence electrons. The number of amides is 2. The molecule has 1 aromatic carbocycles. The van der Waals surface area contributed by atoms with Crippen molar-refractivity contribution in [2.75, 3.05) is 13.1 Å². The summed E-state index contributed by atoms with van der Waals surface area (Å²) in [6.45, 7) is 6.78. The molecule has 0 saturated carbocycles. The predicted molar refractivity (Wildman–Crippen MR) is 85.3 cm³/mol. The minimum Gasteiger partial charge on any atom is -0.356 e. The molecule has 2 amide bonds. The predicted octanol–water partition coefficient (Wildman–Crippen LogP) is 2.65. The van der Waals surface area contributed by atoms with E-state index >= 15 is 0 Å². The molecule has 0 saturated heterocycles. The normalized spacial score (nSPS) is 10.5. The topological polar surface area (TPSA) is 49.4 Å². The Morgan fingerprint density at radius 2 is 1.86 bits per heavy atom. The van der Waals surface area contributed by atoms with Crippen LogP contribution in [0.4, 0.5) is 0 Å². The number of hydrogen-bond donors (Lipinski definition) is 1. The Morgan fingerprint density at radius 1 is 1.24 bits per heavy atom. The maximum Gasteiger partial charge on any atom is 0.224 e. The fraction of sp³-hybridized carbons (Fsp3) is 0.500. The summed E-state index contributed by atoms with van der Waals surface area (Å²) in [5, 5.41) is 3.53. The lowest BCUT2D eigenvalue weighted by Crippen LogP contribution is -2.37. The third kappa shape index (κ3) is 6.63. The highest BCUT2D eigenvalue weighted by atomic mass is 35.5. The second kappa shape index (κ2) is 8.67. The molecule has 4 nitrogen and oxygen atoms in total. The summed E-state index contributed by atoms with van der Waals surface area (Å²) in [6, 6.07) is 7.43. The van der Waals surface area contributed by atoms with E-state index in [9.17, 15) is 9.59 Å². The zero-order valence-corrected chi connectivity index (χ0v) is 13.6.